The van der Waals surface area contributed by atoms with Crippen molar-refractivity contribution in [2.24, 2.45) is 10.7 Å². The second kappa shape index (κ2) is 7.61. The molecular formula is C14H22FN3O. The average molecular weight is 267 g/mol. The lowest BCUT2D eigenvalue weighted by atomic mass is 10.3. The fourth-order valence-corrected chi connectivity index (χ4v) is 1.65. The van der Waals surface area contributed by atoms with Crippen molar-refractivity contribution in [2.75, 3.05) is 19.6 Å². The molecule has 0 heterocycles. The van der Waals surface area contributed by atoms with Crippen molar-refractivity contribution in [3.8, 4) is 5.75 Å². The number of rotatable bonds is 6. The Labute approximate surface area is 114 Å². The Morgan fingerprint density at radius 2 is 1.89 bits per heavy atom. The van der Waals surface area contributed by atoms with Crippen LogP contribution in [-0.2, 0) is 0 Å². The number of halogens is 1. The molecule has 0 aliphatic rings. The van der Waals surface area contributed by atoms with E-state index in [4.69, 9.17) is 10.5 Å². The molecule has 0 spiro atoms. The highest BCUT2D eigenvalue weighted by atomic mass is 19.1. The van der Waals surface area contributed by atoms with E-state index in [1.807, 2.05) is 25.7 Å². The summed E-state index contributed by atoms with van der Waals surface area (Å²) < 4.78 is 18.4. The molecule has 2 N–H and O–H groups in total. The Hall–Kier alpha value is -1.78. The van der Waals surface area contributed by atoms with Gasteiger partial charge in [-0.3, -0.25) is 0 Å². The first-order valence-corrected chi connectivity index (χ1v) is 6.53. The molecule has 0 saturated carbocycles. The Balaban J connectivity index is 2.49. The van der Waals surface area contributed by atoms with Crippen LogP contribution in [0.15, 0.2) is 29.3 Å². The van der Waals surface area contributed by atoms with Gasteiger partial charge in [0.1, 0.15) is 17.7 Å². The summed E-state index contributed by atoms with van der Waals surface area (Å²) in [5.74, 6) is 0.883. The normalized spacial score (nSPS) is 13.2. The second-order valence-electron chi connectivity index (χ2n) is 4.25. The summed E-state index contributed by atoms with van der Waals surface area (Å²) in [5.41, 5.74) is 5.87. The molecule has 1 atom stereocenters. The van der Waals surface area contributed by atoms with Gasteiger partial charge < -0.3 is 15.4 Å². The summed E-state index contributed by atoms with van der Waals surface area (Å²) in [6, 6.07) is 5.94. The highest BCUT2D eigenvalue weighted by Crippen LogP contribution is 2.13. The number of ether oxygens (including phenoxy) is 1. The molecule has 0 aromatic heterocycles. The van der Waals surface area contributed by atoms with Gasteiger partial charge in [0.15, 0.2) is 5.96 Å². The minimum absolute atomic E-state index is 0.112. The maximum Gasteiger partial charge on any atom is 0.191 e. The topological polar surface area (TPSA) is 50.8 Å². The van der Waals surface area contributed by atoms with Crippen molar-refractivity contribution in [1.82, 2.24) is 4.90 Å². The fraction of sp³-hybridized carbons (Fsp3) is 0.500. The summed E-state index contributed by atoms with van der Waals surface area (Å²) >= 11 is 0. The highest BCUT2D eigenvalue weighted by Gasteiger charge is 2.06. The number of hydrogen-bond acceptors (Lipinski definition) is 2. The van der Waals surface area contributed by atoms with Gasteiger partial charge in [-0.25, -0.2) is 9.38 Å². The summed E-state index contributed by atoms with van der Waals surface area (Å²) in [7, 11) is 0. The van der Waals surface area contributed by atoms with Gasteiger partial charge in [-0.05, 0) is 45.0 Å². The van der Waals surface area contributed by atoms with E-state index in [1.54, 1.807) is 12.1 Å². The lowest BCUT2D eigenvalue weighted by molar-refractivity contribution is 0.229. The molecule has 0 radical (unpaired) electrons. The van der Waals surface area contributed by atoms with E-state index in [2.05, 4.69) is 4.99 Å². The minimum Gasteiger partial charge on any atom is -0.489 e. The molecule has 0 bridgehead atoms. The van der Waals surface area contributed by atoms with Crippen molar-refractivity contribution < 1.29 is 9.13 Å². The summed E-state index contributed by atoms with van der Waals surface area (Å²) in [4.78, 5) is 6.28. The third kappa shape index (κ3) is 5.16. The average Bonchev–Trinajstić information content (AvgIpc) is 2.40. The molecule has 0 aliphatic carbocycles. The van der Waals surface area contributed by atoms with Crippen LogP contribution in [0.2, 0.25) is 0 Å². The first kappa shape index (κ1) is 15.3. The van der Waals surface area contributed by atoms with E-state index in [0.717, 1.165) is 13.1 Å². The van der Waals surface area contributed by atoms with Crippen LogP contribution in [0.3, 0.4) is 0 Å². The molecule has 106 valence electrons. The van der Waals surface area contributed by atoms with Crippen molar-refractivity contribution in [2.45, 2.75) is 26.9 Å². The SMILES string of the molecule is CCN(CC)C(N)=NCC(C)Oc1ccc(F)cc1. The number of benzene rings is 1. The van der Waals surface area contributed by atoms with E-state index in [1.165, 1.54) is 12.1 Å². The zero-order valence-corrected chi connectivity index (χ0v) is 11.8. The van der Waals surface area contributed by atoms with Crippen LogP contribution in [0, 0.1) is 5.82 Å². The maximum absolute atomic E-state index is 12.7. The lowest BCUT2D eigenvalue weighted by Crippen LogP contribution is -2.37. The van der Waals surface area contributed by atoms with E-state index in [9.17, 15) is 4.39 Å². The van der Waals surface area contributed by atoms with Crippen LogP contribution in [-0.4, -0.2) is 36.6 Å². The van der Waals surface area contributed by atoms with Gasteiger partial charge in [-0.15, -0.1) is 0 Å². The first-order valence-electron chi connectivity index (χ1n) is 6.53. The Kier molecular flexibility index (Phi) is 6.12. The molecule has 4 nitrogen and oxygen atoms in total. The lowest BCUT2D eigenvalue weighted by Gasteiger charge is -2.20. The van der Waals surface area contributed by atoms with E-state index >= 15 is 0 Å². The molecule has 1 aromatic carbocycles. The maximum atomic E-state index is 12.7. The molecule has 0 aliphatic heterocycles. The first-order chi connectivity index (χ1) is 9.06. The third-order valence-corrected chi connectivity index (χ3v) is 2.75. The molecule has 0 amide bonds. The minimum atomic E-state index is -0.274. The van der Waals surface area contributed by atoms with Gasteiger partial charge in [0.05, 0.1) is 6.54 Å². The van der Waals surface area contributed by atoms with Crippen LogP contribution in [0.25, 0.3) is 0 Å². The molecule has 0 saturated heterocycles. The quantitative estimate of drug-likeness (QED) is 0.635. The van der Waals surface area contributed by atoms with Crippen LogP contribution in [0.4, 0.5) is 4.39 Å². The molecule has 1 rings (SSSR count). The van der Waals surface area contributed by atoms with Gasteiger partial charge in [0.2, 0.25) is 0 Å². The van der Waals surface area contributed by atoms with Gasteiger partial charge >= 0.3 is 0 Å². The molecule has 0 fully saturated rings. The zero-order chi connectivity index (χ0) is 14.3. The van der Waals surface area contributed by atoms with Crippen molar-refractivity contribution in [1.29, 1.82) is 0 Å². The van der Waals surface area contributed by atoms with Crippen LogP contribution < -0.4 is 10.5 Å². The molecule has 19 heavy (non-hydrogen) atoms. The molecule has 1 unspecified atom stereocenters. The Morgan fingerprint density at radius 1 is 1.32 bits per heavy atom. The Morgan fingerprint density at radius 3 is 2.42 bits per heavy atom. The van der Waals surface area contributed by atoms with Gasteiger partial charge in [0, 0.05) is 13.1 Å². The van der Waals surface area contributed by atoms with Gasteiger partial charge in [0.25, 0.3) is 0 Å². The van der Waals surface area contributed by atoms with Crippen LogP contribution >= 0.6 is 0 Å². The van der Waals surface area contributed by atoms with Crippen LogP contribution in [0.5, 0.6) is 5.75 Å². The second-order valence-corrected chi connectivity index (χ2v) is 4.25. The van der Waals surface area contributed by atoms with Crippen LogP contribution in [0.1, 0.15) is 20.8 Å². The highest BCUT2D eigenvalue weighted by molar-refractivity contribution is 5.78. The monoisotopic (exact) mass is 267 g/mol. The third-order valence-electron chi connectivity index (χ3n) is 2.75. The number of hydrogen-bond donors (Lipinski definition) is 1. The van der Waals surface area contributed by atoms with Gasteiger partial charge in [-0.1, -0.05) is 0 Å². The number of aliphatic imine (C=N–C) groups is 1. The predicted molar refractivity (Wildman–Crippen MR) is 75.9 cm³/mol. The molecule has 5 heteroatoms. The zero-order valence-electron chi connectivity index (χ0n) is 11.8. The molecule has 1 aromatic rings. The number of guanidine groups is 1. The van der Waals surface area contributed by atoms with E-state index in [-0.39, 0.29) is 11.9 Å². The smallest absolute Gasteiger partial charge is 0.191 e. The van der Waals surface area contributed by atoms with Crippen molar-refractivity contribution in [3.63, 3.8) is 0 Å². The summed E-state index contributed by atoms with van der Waals surface area (Å²) in [6.45, 7) is 8.11. The van der Waals surface area contributed by atoms with Gasteiger partial charge in [-0.2, -0.15) is 0 Å². The Bertz CT molecular complexity index is 402. The van der Waals surface area contributed by atoms with E-state index < -0.39 is 0 Å². The standard InChI is InChI=1S/C14H22FN3O/c1-4-18(5-2)14(16)17-10-11(3)19-13-8-6-12(15)7-9-13/h6-9,11H,4-5,10H2,1-3H3,(H2,16,17). The summed E-state index contributed by atoms with van der Waals surface area (Å²) in [6.07, 6.45) is -0.112. The largest absolute Gasteiger partial charge is 0.489 e. The molecular weight excluding hydrogens is 245 g/mol. The van der Waals surface area contributed by atoms with E-state index in [0.29, 0.717) is 18.3 Å². The number of nitrogens with two attached hydrogens (primary N) is 1. The van der Waals surface area contributed by atoms with Crippen molar-refractivity contribution >= 4 is 5.96 Å². The summed E-state index contributed by atoms with van der Waals surface area (Å²) in [5, 5.41) is 0. The predicted octanol–water partition coefficient (Wildman–Crippen LogP) is 2.25. The fourth-order valence-electron chi connectivity index (χ4n) is 1.65. The van der Waals surface area contributed by atoms with Crippen molar-refractivity contribution in [3.05, 3.63) is 30.1 Å². The number of nitrogens with zero attached hydrogens (tertiary/aromatic N) is 2.